The van der Waals surface area contributed by atoms with E-state index in [1.165, 1.54) is 16.4 Å². The third-order valence-corrected chi connectivity index (χ3v) is 6.21. The van der Waals surface area contributed by atoms with Gasteiger partial charge in [-0.25, -0.2) is 8.42 Å². The van der Waals surface area contributed by atoms with E-state index in [1.807, 2.05) is 0 Å². The fourth-order valence-corrected chi connectivity index (χ4v) is 4.64. The van der Waals surface area contributed by atoms with Crippen LogP contribution in [0.3, 0.4) is 0 Å². The van der Waals surface area contributed by atoms with Gasteiger partial charge in [-0.15, -0.1) is 0 Å². The summed E-state index contributed by atoms with van der Waals surface area (Å²) in [5.41, 5.74) is 0.924. The largest absolute Gasteiger partial charge is 0.492 e. The zero-order valence-corrected chi connectivity index (χ0v) is 16.2. The first-order valence-corrected chi connectivity index (χ1v) is 10.4. The molecule has 1 saturated heterocycles. The molecule has 0 bridgehead atoms. The van der Waals surface area contributed by atoms with Gasteiger partial charge in [-0.3, -0.25) is 4.79 Å². The smallest absolute Gasteiger partial charge is 0.294 e. The molecule has 0 aliphatic carbocycles. The van der Waals surface area contributed by atoms with Crippen molar-refractivity contribution in [3.05, 3.63) is 35.7 Å². The summed E-state index contributed by atoms with van der Waals surface area (Å²) in [7, 11) is -3.71. The van der Waals surface area contributed by atoms with E-state index < -0.39 is 15.9 Å². The van der Waals surface area contributed by atoms with Crippen molar-refractivity contribution in [1.29, 1.82) is 0 Å². The van der Waals surface area contributed by atoms with E-state index in [4.69, 9.17) is 9.26 Å². The number of anilines is 1. The number of aromatic nitrogens is 1. The Morgan fingerprint density at radius 2 is 2.00 bits per heavy atom. The predicted octanol–water partition coefficient (Wildman–Crippen LogP) is 2.81. The van der Waals surface area contributed by atoms with Crippen molar-refractivity contribution in [1.82, 2.24) is 9.46 Å². The van der Waals surface area contributed by atoms with Crippen LogP contribution in [-0.4, -0.2) is 43.5 Å². The van der Waals surface area contributed by atoms with Gasteiger partial charge in [0.25, 0.3) is 5.91 Å². The summed E-state index contributed by atoms with van der Waals surface area (Å²) in [6, 6.07) is 6.09. The van der Waals surface area contributed by atoms with Crippen molar-refractivity contribution in [3.63, 3.8) is 0 Å². The molecule has 9 heteroatoms. The fraction of sp³-hybridized carbons (Fsp3) is 0.444. The molecule has 1 fully saturated rings. The third kappa shape index (κ3) is 4.30. The Kier molecular flexibility index (Phi) is 5.81. The molecular weight excluding hydrogens is 370 g/mol. The second-order valence-electron chi connectivity index (χ2n) is 6.35. The van der Waals surface area contributed by atoms with Crippen LogP contribution in [0.4, 0.5) is 5.69 Å². The maximum atomic E-state index is 13.1. The molecule has 1 aromatic heterocycles. The lowest BCUT2D eigenvalue weighted by molar-refractivity contribution is 0.0988. The van der Waals surface area contributed by atoms with Crippen molar-refractivity contribution in [2.75, 3.05) is 25.0 Å². The lowest BCUT2D eigenvalue weighted by Gasteiger charge is -2.26. The molecule has 1 N–H and O–H groups in total. The van der Waals surface area contributed by atoms with Gasteiger partial charge in [-0.05, 0) is 44.9 Å². The van der Waals surface area contributed by atoms with E-state index in [0.29, 0.717) is 31.1 Å². The minimum atomic E-state index is -3.71. The van der Waals surface area contributed by atoms with E-state index >= 15 is 0 Å². The Labute approximate surface area is 158 Å². The normalized spacial score (nSPS) is 15.5. The van der Waals surface area contributed by atoms with Crippen LogP contribution in [0.1, 0.15) is 42.4 Å². The average Bonchev–Trinajstić information content (AvgIpc) is 3.10. The van der Waals surface area contributed by atoms with Crippen LogP contribution in [0.15, 0.2) is 33.7 Å². The quantitative estimate of drug-likeness (QED) is 0.810. The van der Waals surface area contributed by atoms with E-state index in [9.17, 15) is 13.2 Å². The van der Waals surface area contributed by atoms with Gasteiger partial charge >= 0.3 is 0 Å². The highest BCUT2D eigenvalue weighted by atomic mass is 32.2. The van der Waals surface area contributed by atoms with Crippen LogP contribution in [0.5, 0.6) is 5.75 Å². The summed E-state index contributed by atoms with van der Waals surface area (Å²) in [5.74, 6) is -0.167. The molecule has 8 nitrogen and oxygen atoms in total. The molecule has 1 aliphatic rings. The van der Waals surface area contributed by atoms with Gasteiger partial charge < -0.3 is 14.6 Å². The number of piperidine rings is 1. The van der Waals surface area contributed by atoms with Crippen LogP contribution < -0.4 is 10.1 Å². The van der Waals surface area contributed by atoms with Gasteiger partial charge in [0.1, 0.15) is 10.6 Å². The van der Waals surface area contributed by atoms with E-state index in [-0.39, 0.29) is 16.4 Å². The average molecular weight is 393 g/mol. The van der Waals surface area contributed by atoms with Crippen LogP contribution >= 0.6 is 0 Å². The molecule has 3 rings (SSSR count). The van der Waals surface area contributed by atoms with Gasteiger partial charge in [-0.2, -0.15) is 4.31 Å². The second-order valence-corrected chi connectivity index (χ2v) is 8.25. The zero-order valence-electron chi connectivity index (χ0n) is 15.4. The number of benzene rings is 1. The van der Waals surface area contributed by atoms with E-state index in [0.717, 1.165) is 19.3 Å². The minimum absolute atomic E-state index is 0.0535. The lowest BCUT2D eigenvalue weighted by Crippen LogP contribution is -2.35. The summed E-state index contributed by atoms with van der Waals surface area (Å²) in [6.07, 6.45) is 2.70. The zero-order chi connectivity index (χ0) is 19.4. The Morgan fingerprint density at radius 3 is 2.63 bits per heavy atom. The fourth-order valence-electron chi connectivity index (χ4n) is 2.97. The van der Waals surface area contributed by atoms with Crippen molar-refractivity contribution in [2.45, 2.75) is 38.0 Å². The predicted molar refractivity (Wildman–Crippen MR) is 99.4 cm³/mol. The molecule has 2 aromatic rings. The number of rotatable bonds is 6. The first-order valence-electron chi connectivity index (χ1n) is 8.93. The number of nitrogens with zero attached hydrogens (tertiary/aromatic N) is 2. The molecule has 0 radical (unpaired) electrons. The molecule has 1 aliphatic heterocycles. The molecule has 2 heterocycles. The molecule has 146 valence electrons. The Morgan fingerprint density at radius 1 is 1.26 bits per heavy atom. The summed E-state index contributed by atoms with van der Waals surface area (Å²) < 4.78 is 38.1. The van der Waals surface area contributed by atoms with Crippen LogP contribution in [0.25, 0.3) is 0 Å². The summed E-state index contributed by atoms with van der Waals surface area (Å²) >= 11 is 0. The highest BCUT2D eigenvalue weighted by molar-refractivity contribution is 7.89. The number of aryl methyl sites for hydroxylation is 1. The molecule has 0 atom stereocenters. The second kappa shape index (κ2) is 8.10. The van der Waals surface area contributed by atoms with Gasteiger partial charge in [0, 0.05) is 24.8 Å². The van der Waals surface area contributed by atoms with Crippen molar-refractivity contribution < 1.29 is 22.5 Å². The van der Waals surface area contributed by atoms with Crippen molar-refractivity contribution in [3.8, 4) is 5.75 Å². The molecule has 27 heavy (non-hydrogen) atoms. The molecule has 1 amide bonds. The Hall–Kier alpha value is -2.39. The summed E-state index contributed by atoms with van der Waals surface area (Å²) in [6.45, 7) is 4.81. The van der Waals surface area contributed by atoms with Gasteiger partial charge in [-0.1, -0.05) is 11.6 Å². The van der Waals surface area contributed by atoms with Crippen molar-refractivity contribution >= 4 is 21.6 Å². The van der Waals surface area contributed by atoms with E-state index in [2.05, 4.69) is 10.5 Å². The number of amides is 1. The first-order chi connectivity index (χ1) is 12.9. The Bertz CT molecular complexity index is 917. The summed E-state index contributed by atoms with van der Waals surface area (Å²) in [4.78, 5) is 12.3. The van der Waals surface area contributed by atoms with Gasteiger partial charge in [0.05, 0.1) is 12.3 Å². The highest BCUT2D eigenvalue weighted by Crippen LogP contribution is 2.31. The van der Waals surface area contributed by atoms with Crippen LogP contribution in [0.2, 0.25) is 0 Å². The molecule has 0 spiro atoms. The minimum Gasteiger partial charge on any atom is -0.492 e. The topological polar surface area (TPSA) is 102 Å². The number of hydrogen-bond acceptors (Lipinski definition) is 6. The molecule has 0 saturated carbocycles. The van der Waals surface area contributed by atoms with Gasteiger partial charge in [0.2, 0.25) is 15.8 Å². The maximum absolute atomic E-state index is 13.1. The number of ether oxygens (including phenoxy) is 1. The SMILES string of the molecule is CCOc1ccc(NC(=O)c2cc(C)no2)cc1S(=O)(=O)N1CCCCC1. The van der Waals surface area contributed by atoms with Gasteiger partial charge in [0.15, 0.2) is 0 Å². The number of sulfonamides is 1. The molecule has 0 unspecified atom stereocenters. The first kappa shape index (κ1) is 19.4. The number of carbonyl (C=O) groups is 1. The maximum Gasteiger partial charge on any atom is 0.294 e. The highest BCUT2D eigenvalue weighted by Gasteiger charge is 2.29. The molecular formula is C18H23N3O5S. The number of nitrogens with one attached hydrogen (secondary N) is 1. The van der Waals surface area contributed by atoms with Crippen molar-refractivity contribution in [2.24, 2.45) is 0 Å². The standard InChI is InChI=1S/C18H23N3O5S/c1-3-25-15-8-7-14(19-18(22)16-11-13(2)20-26-16)12-17(15)27(23,24)21-9-5-4-6-10-21/h7-8,11-12H,3-6,9-10H2,1-2H3,(H,19,22). The monoisotopic (exact) mass is 393 g/mol. The van der Waals surface area contributed by atoms with Crippen LogP contribution in [0, 0.1) is 6.92 Å². The van der Waals surface area contributed by atoms with Crippen LogP contribution in [-0.2, 0) is 10.0 Å². The Balaban J connectivity index is 1.91. The van der Waals surface area contributed by atoms with E-state index in [1.54, 1.807) is 26.0 Å². The number of hydrogen-bond donors (Lipinski definition) is 1. The lowest BCUT2D eigenvalue weighted by atomic mass is 10.2. The summed E-state index contributed by atoms with van der Waals surface area (Å²) in [5, 5.41) is 6.32. The molecule has 1 aromatic carbocycles. The number of carbonyl (C=O) groups excluding carboxylic acids is 1. The third-order valence-electron chi connectivity index (χ3n) is 4.29.